The molecule has 2 aromatic carbocycles. The van der Waals surface area contributed by atoms with Gasteiger partial charge in [-0.25, -0.2) is 4.98 Å². The topological polar surface area (TPSA) is 53.5 Å². The Hall–Kier alpha value is -2.79. The van der Waals surface area contributed by atoms with Crippen LogP contribution in [0, 0.1) is 0 Å². The van der Waals surface area contributed by atoms with E-state index >= 15 is 0 Å². The third-order valence-electron chi connectivity index (χ3n) is 3.01. The molecule has 3 aromatic rings. The Kier molecular flexibility index (Phi) is 5.48. The fourth-order valence-electron chi connectivity index (χ4n) is 1.93. The quantitative estimate of drug-likeness (QED) is 0.471. The smallest absolute Gasteiger partial charge is 0.225 e. The van der Waals surface area contributed by atoms with Gasteiger partial charge in [0.15, 0.2) is 0 Å². The van der Waals surface area contributed by atoms with Crippen molar-refractivity contribution < 1.29 is 14.2 Å². The normalized spacial score (nSPS) is 10.2. The van der Waals surface area contributed by atoms with Gasteiger partial charge in [-0.2, -0.15) is 4.98 Å². The van der Waals surface area contributed by atoms with Gasteiger partial charge in [-0.1, -0.05) is 18.2 Å². The molecule has 0 amide bonds. The maximum atomic E-state index is 5.72. The van der Waals surface area contributed by atoms with Crippen LogP contribution in [0.4, 0.5) is 0 Å². The average Bonchev–Trinajstić information content (AvgIpc) is 2.61. The first-order valence-corrected chi connectivity index (χ1v) is 7.74. The summed E-state index contributed by atoms with van der Waals surface area (Å²) in [5.41, 5.74) is 0. The number of para-hydroxylation sites is 1. The van der Waals surface area contributed by atoms with Gasteiger partial charge >= 0.3 is 0 Å². The third-order valence-corrected chi connectivity index (χ3v) is 3.19. The van der Waals surface area contributed by atoms with Crippen molar-refractivity contribution in [1.29, 1.82) is 0 Å². The molecule has 0 unspecified atom stereocenters. The molecule has 0 bridgehead atoms. The highest BCUT2D eigenvalue weighted by atomic mass is 35.5. The van der Waals surface area contributed by atoms with Crippen molar-refractivity contribution in [2.75, 3.05) is 13.2 Å². The highest BCUT2D eigenvalue weighted by Crippen LogP contribution is 2.23. The molecule has 0 aliphatic rings. The Morgan fingerprint density at radius 3 is 2.17 bits per heavy atom. The van der Waals surface area contributed by atoms with Crippen LogP contribution in [0.25, 0.3) is 0 Å². The van der Waals surface area contributed by atoms with Crippen molar-refractivity contribution in [3.8, 4) is 23.1 Å². The Balaban J connectivity index is 1.44. The van der Waals surface area contributed by atoms with Crippen LogP contribution in [0.3, 0.4) is 0 Å². The number of ether oxygens (including phenoxy) is 3. The number of aromatic nitrogens is 2. The van der Waals surface area contributed by atoms with Gasteiger partial charge in [-0.15, -0.1) is 0 Å². The molecule has 0 spiro atoms. The van der Waals surface area contributed by atoms with Crippen LogP contribution in [0.1, 0.15) is 0 Å². The largest absolute Gasteiger partial charge is 0.490 e. The molecule has 1 aromatic heterocycles. The second-order valence-electron chi connectivity index (χ2n) is 4.75. The van der Waals surface area contributed by atoms with Crippen LogP contribution >= 0.6 is 11.6 Å². The van der Waals surface area contributed by atoms with Crippen LogP contribution in [0.2, 0.25) is 5.28 Å². The second-order valence-corrected chi connectivity index (χ2v) is 5.09. The number of nitrogens with zero attached hydrogens (tertiary/aromatic N) is 2. The first-order valence-electron chi connectivity index (χ1n) is 7.37. The minimum atomic E-state index is 0.155. The summed E-state index contributed by atoms with van der Waals surface area (Å²) in [6.45, 7) is 0.746. The molecule has 0 atom stereocenters. The molecule has 0 aliphatic heterocycles. The molecule has 5 nitrogen and oxygen atoms in total. The van der Waals surface area contributed by atoms with Crippen molar-refractivity contribution in [2.45, 2.75) is 0 Å². The van der Waals surface area contributed by atoms with E-state index in [2.05, 4.69) is 9.97 Å². The minimum absolute atomic E-state index is 0.155. The Bertz CT molecular complexity index is 767. The van der Waals surface area contributed by atoms with Gasteiger partial charge in [-0.05, 0) is 48.0 Å². The number of halogens is 1. The van der Waals surface area contributed by atoms with Gasteiger partial charge in [-0.3, -0.25) is 0 Å². The van der Waals surface area contributed by atoms with Gasteiger partial charge < -0.3 is 14.2 Å². The summed E-state index contributed by atoms with van der Waals surface area (Å²) >= 11 is 5.68. The van der Waals surface area contributed by atoms with Crippen molar-refractivity contribution in [3.05, 3.63) is 72.1 Å². The SMILES string of the molecule is Clc1nccc(OCCOc2ccc(Oc3ccccc3)cc2)n1. The lowest BCUT2D eigenvalue weighted by atomic mass is 10.3. The summed E-state index contributed by atoms with van der Waals surface area (Å²) in [5.74, 6) is 2.70. The summed E-state index contributed by atoms with van der Waals surface area (Å²) in [7, 11) is 0. The fraction of sp³-hybridized carbons (Fsp3) is 0.111. The summed E-state index contributed by atoms with van der Waals surface area (Å²) in [5, 5.41) is 0.155. The van der Waals surface area contributed by atoms with Crippen molar-refractivity contribution in [3.63, 3.8) is 0 Å². The van der Waals surface area contributed by atoms with Gasteiger partial charge in [0.2, 0.25) is 11.2 Å². The van der Waals surface area contributed by atoms with E-state index < -0.39 is 0 Å². The summed E-state index contributed by atoms with van der Waals surface area (Å²) in [4.78, 5) is 7.71. The molecule has 1 heterocycles. The highest BCUT2D eigenvalue weighted by Gasteiger charge is 2.00. The second kappa shape index (κ2) is 8.17. The first-order chi connectivity index (χ1) is 11.8. The van der Waals surface area contributed by atoms with E-state index in [0.29, 0.717) is 19.1 Å². The van der Waals surface area contributed by atoms with Gasteiger partial charge in [0.05, 0.1) is 0 Å². The predicted octanol–water partition coefficient (Wildman–Crippen LogP) is 4.38. The Labute approximate surface area is 144 Å². The zero-order valence-corrected chi connectivity index (χ0v) is 13.5. The predicted molar refractivity (Wildman–Crippen MR) is 91.0 cm³/mol. The van der Waals surface area contributed by atoms with Crippen molar-refractivity contribution >= 4 is 11.6 Å². The van der Waals surface area contributed by atoms with E-state index in [4.69, 9.17) is 25.8 Å². The van der Waals surface area contributed by atoms with Crippen LogP contribution in [0.5, 0.6) is 23.1 Å². The minimum Gasteiger partial charge on any atom is -0.490 e. The maximum absolute atomic E-state index is 5.72. The molecule has 0 saturated heterocycles. The molecule has 0 aliphatic carbocycles. The maximum Gasteiger partial charge on any atom is 0.225 e. The molecule has 0 radical (unpaired) electrons. The van der Waals surface area contributed by atoms with Crippen LogP contribution in [0.15, 0.2) is 66.9 Å². The van der Waals surface area contributed by atoms with Crippen LogP contribution < -0.4 is 14.2 Å². The molecule has 3 rings (SSSR count). The lowest BCUT2D eigenvalue weighted by Gasteiger charge is -2.09. The first kappa shape index (κ1) is 16.1. The molecule has 0 fully saturated rings. The van der Waals surface area contributed by atoms with Gasteiger partial charge in [0.1, 0.15) is 30.5 Å². The van der Waals surface area contributed by atoms with E-state index in [-0.39, 0.29) is 5.28 Å². The average molecular weight is 343 g/mol. The van der Waals surface area contributed by atoms with E-state index in [9.17, 15) is 0 Å². The number of rotatable bonds is 7. The Morgan fingerprint density at radius 2 is 1.42 bits per heavy atom. The van der Waals surface area contributed by atoms with Crippen molar-refractivity contribution in [1.82, 2.24) is 9.97 Å². The van der Waals surface area contributed by atoms with Gasteiger partial charge in [0, 0.05) is 12.3 Å². The molecule has 0 N–H and O–H groups in total. The fourth-order valence-corrected chi connectivity index (χ4v) is 2.07. The molecular formula is C18H15ClN2O3. The molecule has 122 valence electrons. The lowest BCUT2D eigenvalue weighted by molar-refractivity contribution is 0.211. The number of hydrogen-bond donors (Lipinski definition) is 0. The van der Waals surface area contributed by atoms with E-state index in [1.807, 2.05) is 54.6 Å². The molecular weight excluding hydrogens is 328 g/mol. The van der Waals surface area contributed by atoms with E-state index in [0.717, 1.165) is 17.2 Å². The van der Waals surface area contributed by atoms with Crippen molar-refractivity contribution in [2.24, 2.45) is 0 Å². The van der Waals surface area contributed by atoms with E-state index in [1.54, 1.807) is 6.07 Å². The molecule has 24 heavy (non-hydrogen) atoms. The van der Waals surface area contributed by atoms with Gasteiger partial charge in [0.25, 0.3) is 0 Å². The lowest BCUT2D eigenvalue weighted by Crippen LogP contribution is -2.09. The zero-order chi connectivity index (χ0) is 16.6. The van der Waals surface area contributed by atoms with E-state index in [1.165, 1.54) is 6.20 Å². The molecule has 0 saturated carbocycles. The highest BCUT2D eigenvalue weighted by molar-refractivity contribution is 6.28. The zero-order valence-electron chi connectivity index (χ0n) is 12.8. The summed E-state index contributed by atoms with van der Waals surface area (Å²) < 4.78 is 16.8. The third kappa shape index (κ3) is 4.86. The Morgan fingerprint density at radius 1 is 0.750 bits per heavy atom. The molecule has 6 heteroatoms. The standard InChI is InChI=1S/C18H15ClN2O3/c19-18-20-11-10-17(21-18)23-13-12-22-14-6-8-16(9-7-14)24-15-4-2-1-3-5-15/h1-11H,12-13H2. The summed E-state index contributed by atoms with van der Waals surface area (Å²) in [6, 6.07) is 18.7. The number of hydrogen-bond acceptors (Lipinski definition) is 5. The van der Waals surface area contributed by atoms with Crippen LogP contribution in [-0.4, -0.2) is 23.2 Å². The summed E-state index contributed by atoms with van der Waals surface area (Å²) in [6.07, 6.45) is 1.54. The monoisotopic (exact) mass is 342 g/mol. The number of benzene rings is 2. The van der Waals surface area contributed by atoms with Crippen LogP contribution in [-0.2, 0) is 0 Å².